The molecule has 0 bridgehead atoms. The van der Waals surface area contributed by atoms with Crippen LogP contribution in [0.4, 0.5) is 0 Å². The highest BCUT2D eigenvalue weighted by atomic mass is 16.5. The molecule has 2 nitrogen and oxygen atoms in total. The van der Waals surface area contributed by atoms with E-state index in [1.54, 1.807) is 0 Å². The number of unbranched alkanes of at least 4 members (excludes halogenated alkanes) is 1. The van der Waals surface area contributed by atoms with Crippen molar-refractivity contribution in [2.24, 2.45) is 5.41 Å². The maximum atomic E-state index is 5.63. The molecule has 0 unspecified atom stereocenters. The fraction of sp³-hybridized carbons (Fsp3) is 1.00. The summed E-state index contributed by atoms with van der Waals surface area (Å²) in [4.78, 5) is 0. The van der Waals surface area contributed by atoms with E-state index < -0.39 is 0 Å². The molecule has 0 aromatic heterocycles. The van der Waals surface area contributed by atoms with Crippen LogP contribution in [-0.2, 0) is 4.74 Å². The quantitative estimate of drug-likeness (QED) is 0.459. The summed E-state index contributed by atoms with van der Waals surface area (Å²) in [6.45, 7) is 9.96. The Balaban J connectivity index is 3.17. The van der Waals surface area contributed by atoms with Crippen LogP contribution in [0.25, 0.3) is 0 Å². The van der Waals surface area contributed by atoms with Gasteiger partial charge in [-0.2, -0.15) is 0 Å². The first-order valence-corrected chi connectivity index (χ1v) is 6.59. The number of hydrogen-bond donors (Lipinski definition) is 0. The Kier molecular flexibility index (Phi) is 7.25. The molecule has 0 fully saturated rings. The molecule has 0 amide bonds. The second-order valence-electron chi connectivity index (χ2n) is 7.00. The first-order chi connectivity index (χ1) is 7.21. The fourth-order valence-electron chi connectivity index (χ4n) is 1.60. The number of hydrogen-bond acceptors (Lipinski definition) is 1. The Morgan fingerprint density at radius 1 is 0.875 bits per heavy atom. The molecule has 0 aliphatic rings. The molecule has 0 atom stereocenters. The van der Waals surface area contributed by atoms with Gasteiger partial charge in [0.25, 0.3) is 0 Å². The minimum Gasteiger partial charge on any atom is -0.381 e. The SMILES string of the molecule is CC(C)(C)CCCCOCCC[N+](C)(C)C. The molecule has 0 rings (SSSR count). The van der Waals surface area contributed by atoms with Crippen molar-refractivity contribution in [3.8, 4) is 0 Å². The van der Waals surface area contributed by atoms with Gasteiger partial charge in [0, 0.05) is 13.0 Å². The molecule has 2 heteroatoms. The van der Waals surface area contributed by atoms with Crippen LogP contribution in [0.1, 0.15) is 46.5 Å². The van der Waals surface area contributed by atoms with Crippen molar-refractivity contribution in [2.45, 2.75) is 46.5 Å². The van der Waals surface area contributed by atoms with Crippen LogP contribution in [-0.4, -0.2) is 45.4 Å². The minimum atomic E-state index is 0.476. The first-order valence-electron chi connectivity index (χ1n) is 6.59. The molecule has 0 aliphatic heterocycles. The summed E-state index contributed by atoms with van der Waals surface area (Å²) in [7, 11) is 6.68. The monoisotopic (exact) mass is 230 g/mol. The molecule has 0 aromatic rings. The average Bonchev–Trinajstić information content (AvgIpc) is 2.06. The molecule has 0 saturated heterocycles. The molecular weight excluding hydrogens is 198 g/mol. The number of nitrogens with zero attached hydrogens (tertiary/aromatic N) is 1. The van der Waals surface area contributed by atoms with Crippen molar-refractivity contribution in [1.29, 1.82) is 0 Å². The molecule has 98 valence electrons. The predicted molar refractivity (Wildman–Crippen MR) is 71.6 cm³/mol. The zero-order chi connectivity index (χ0) is 12.7. The molecule has 0 radical (unpaired) electrons. The van der Waals surface area contributed by atoms with Crippen molar-refractivity contribution in [3.05, 3.63) is 0 Å². The Hall–Kier alpha value is -0.0800. The van der Waals surface area contributed by atoms with Gasteiger partial charge in [0.05, 0.1) is 34.3 Å². The van der Waals surface area contributed by atoms with Gasteiger partial charge in [0.15, 0.2) is 0 Å². The van der Waals surface area contributed by atoms with Crippen LogP contribution >= 0.6 is 0 Å². The Bertz CT molecular complexity index is 145. The zero-order valence-electron chi connectivity index (χ0n) is 12.3. The van der Waals surface area contributed by atoms with Crippen LogP contribution in [0.15, 0.2) is 0 Å². The highest BCUT2D eigenvalue weighted by Crippen LogP contribution is 2.21. The summed E-state index contributed by atoms with van der Waals surface area (Å²) < 4.78 is 6.67. The topological polar surface area (TPSA) is 9.23 Å². The number of quaternary nitrogens is 1. The van der Waals surface area contributed by atoms with Crippen LogP contribution in [0.5, 0.6) is 0 Å². The lowest BCUT2D eigenvalue weighted by Gasteiger charge is -2.23. The molecule has 0 spiro atoms. The second-order valence-corrected chi connectivity index (χ2v) is 7.00. The lowest BCUT2D eigenvalue weighted by Crippen LogP contribution is -2.35. The lowest BCUT2D eigenvalue weighted by atomic mass is 9.90. The molecule has 0 N–H and O–H groups in total. The van der Waals surface area contributed by atoms with Gasteiger partial charge in [-0.05, 0) is 18.3 Å². The second kappa shape index (κ2) is 7.29. The van der Waals surface area contributed by atoms with Crippen molar-refractivity contribution >= 4 is 0 Å². The molecule has 16 heavy (non-hydrogen) atoms. The summed E-state index contributed by atoms with van der Waals surface area (Å²) in [5, 5.41) is 0. The standard InChI is InChI=1S/C14H32NO/c1-14(2,3)10-7-8-12-16-13-9-11-15(4,5)6/h7-13H2,1-6H3/q+1. The van der Waals surface area contributed by atoms with Gasteiger partial charge in [-0.25, -0.2) is 0 Å². The average molecular weight is 230 g/mol. The summed E-state index contributed by atoms with van der Waals surface area (Å²) in [6.07, 6.45) is 4.97. The maximum Gasteiger partial charge on any atom is 0.0802 e. The normalized spacial score (nSPS) is 13.1. The third kappa shape index (κ3) is 13.9. The van der Waals surface area contributed by atoms with E-state index in [0.717, 1.165) is 17.7 Å². The van der Waals surface area contributed by atoms with Crippen molar-refractivity contribution < 1.29 is 9.22 Å². The van der Waals surface area contributed by atoms with Crippen molar-refractivity contribution in [1.82, 2.24) is 0 Å². The van der Waals surface area contributed by atoms with Crippen molar-refractivity contribution in [2.75, 3.05) is 40.9 Å². The summed E-state index contributed by atoms with van der Waals surface area (Å²) in [5.41, 5.74) is 0.476. The Morgan fingerprint density at radius 2 is 1.44 bits per heavy atom. The van der Waals surface area contributed by atoms with Crippen LogP contribution in [0.2, 0.25) is 0 Å². The summed E-state index contributed by atoms with van der Waals surface area (Å²) >= 11 is 0. The largest absolute Gasteiger partial charge is 0.381 e. The molecular formula is C14H32NO+. The van der Waals surface area contributed by atoms with Gasteiger partial charge >= 0.3 is 0 Å². The molecule has 0 heterocycles. The first kappa shape index (κ1) is 15.9. The van der Waals surface area contributed by atoms with E-state index in [1.165, 1.54) is 32.2 Å². The zero-order valence-corrected chi connectivity index (χ0v) is 12.3. The van der Waals surface area contributed by atoms with Gasteiger partial charge in [0.2, 0.25) is 0 Å². The summed E-state index contributed by atoms with van der Waals surface area (Å²) in [6, 6.07) is 0. The highest BCUT2D eigenvalue weighted by molar-refractivity contribution is 4.60. The van der Waals surface area contributed by atoms with Gasteiger partial charge in [0.1, 0.15) is 0 Å². The number of rotatable bonds is 8. The van der Waals surface area contributed by atoms with E-state index in [9.17, 15) is 0 Å². The van der Waals surface area contributed by atoms with Crippen molar-refractivity contribution in [3.63, 3.8) is 0 Å². The molecule has 0 saturated carbocycles. The van der Waals surface area contributed by atoms with E-state index in [4.69, 9.17) is 4.74 Å². The highest BCUT2D eigenvalue weighted by Gasteiger charge is 2.09. The fourth-order valence-corrected chi connectivity index (χ4v) is 1.60. The third-order valence-electron chi connectivity index (χ3n) is 2.58. The lowest BCUT2D eigenvalue weighted by molar-refractivity contribution is -0.870. The smallest absolute Gasteiger partial charge is 0.0802 e. The van der Waals surface area contributed by atoms with E-state index in [0.29, 0.717) is 5.41 Å². The van der Waals surface area contributed by atoms with E-state index in [-0.39, 0.29) is 0 Å². The van der Waals surface area contributed by atoms with E-state index in [1.807, 2.05) is 0 Å². The summed E-state index contributed by atoms with van der Waals surface area (Å²) in [5.74, 6) is 0. The van der Waals surface area contributed by atoms with E-state index in [2.05, 4.69) is 41.9 Å². The van der Waals surface area contributed by atoms with Crippen LogP contribution in [0, 0.1) is 5.41 Å². The molecule has 0 aliphatic carbocycles. The van der Waals surface area contributed by atoms with Gasteiger partial charge in [-0.1, -0.05) is 27.2 Å². The van der Waals surface area contributed by atoms with E-state index >= 15 is 0 Å². The van der Waals surface area contributed by atoms with Gasteiger partial charge < -0.3 is 9.22 Å². The maximum absolute atomic E-state index is 5.63. The van der Waals surface area contributed by atoms with Gasteiger partial charge in [-0.3, -0.25) is 0 Å². The third-order valence-corrected chi connectivity index (χ3v) is 2.58. The molecule has 0 aromatic carbocycles. The van der Waals surface area contributed by atoms with Crippen LogP contribution in [0.3, 0.4) is 0 Å². The Labute approximate surface area is 103 Å². The predicted octanol–water partition coefficient (Wildman–Crippen LogP) is 3.32. The Morgan fingerprint density at radius 3 is 1.94 bits per heavy atom. The van der Waals surface area contributed by atoms with Gasteiger partial charge in [-0.15, -0.1) is 0 Å². The van der Waals surface area contributed by atoms with Crippen LogP contribution < -0.4 is 0 Å². The number of ether oxygens (including phenoxy) is 1. The minimum absolute atomic E-state index is 0.476.